The zero-order chi connectivity index (χ0) is 39.1. The van der Waals surface area contributed by atoms with Gasteiger partial charge in [-0.15, -0.1) is 0 Å². The highest BCUT2D eigenvalue weighted by atomic mass is 31.2. The summed E-state index contributed by atoms with van der Waals surface area (Å²) in [6.45, 7) is 1.02. The molecule has 0 saturated carbocycles. The number of nitrogens with one attached hydrogen (secondary N) is 1. The van der Waals surface area contributed by atoms with Gasteiger partial charge in [0.25, 0.3) is 0 Å². The highest BCUT2D eigenvalue weighted by molar-refractivity contribution is 7.48. The molecule has 1 unspecified atom stereocenters. The van der Waals surface area contributed by atoms with Crippen molar-refractivity contribution in [3.8, 4) is 11.5 Å². The number of nitrogens with zero attached hydrogens (tertiary/aromatic N) is 1. The number of rotatable bonds is 17. The number of hydrogen-bond acceptors (Lipinski definition) is 10. The third kappa shape index (κ3) is 11.7. The summed E-state index contributed by atoms with van der Waals surface area (Å²) in [6.07, 6.45) is -3.06. The van der Waals surface area contributed by atoms with Crippen molar-refractivity contribution in [2.45, 2.75) is 45.3 Å². The maximum atomic E-state index is 14.3. The molecule has 0 spiro atoms. The lowest BCUT2D eigenvalue weighted by Gasteiger charge is -2.37. The van der Waals surface area contributed by atoms with Gasteiger partial charge in [0.2, 0.25) is 0 Å². The third-order valence-corrected chi connectivity index (χ3v) is 9.49. The van der Waals surface area contributed by atoms with Crippen LogP contribution in [0.4, 0.5) is 9.59 Å². The van der Waals surface area contributed by atoms with Crippen LogP contribution in [0.25, 0.3) is 0 Å². The summed E-state index contributed by atoms with van der Waals surface area (Å²) < 4.78 is 48.7. The van der Waals surface area contributed by atoms with Gasteiger partial charge in [-0.2, -0.15) is 5.01 Å². The fraction of sp³-hybridized carbons (Fsp3) is 0.195. The summed E-state index contributed by atoms with van der Waals surface area (Å²) in [5.41, 5.74) is 3.30. The Labute approximate surface area is 318 Å². The van der Waals surface area contributed by atoms with Gasteiger partial charge in [-0.3, -0.25) is 9.05 Å². The first-order valence-corrected chi connectivity index (χ1v) is 18.6. The average Bonchev–Trinajstić information content (AvgIpc) is 3.21. The van der Waals surface area contributed by atoms with Gasteiger partial charge >= 0.3 is 26.0 Å². The lowest BCUT2D eigenvalue weighted by Crippen LogP contribution is -2.63. The SMILES string of the molecule is COC(=O)C(C)(Cc1ccc(OP(=O)(OCc2ccccc2)OCc2ccccc2)c(OCc2ccccc2)c1)N(NC(=O)O)C(=O)OCc1ccccc1. The number of methoxy groups -OCH3 is 1. The Kier molecular flexibility index (Phi) is 14.0. The zero-order valence-corrected chi connectivity index (χ0v) is 31.1. The summed E-state index contributed by atoms with van der Waals surface area (Å²) in [5.74, 6) is -0.866. The molecule has 55 heavy (non-hydrogen) atoms. The van der Waals surface area contributed by atoms with Crippen molar-refractivity contribution in [1.82, 2.24) is 10.4 Å². The molecule has 0 bridgehead atoms. The van der Waals surface area contributed by atoms with Crippen LogP contribution < -0.4 is 14.7 Å². The molecule has 286 valence electrons. The first-order valence-electron chi connectivity index (χ1n) is 17.1. The van der Waals surface area contributed by atoms with Gasteiger partial charge in [0.05, 0.1) is 20.3 Å². The number of carbonyl (C=O) groups excluding carboxylic acids is 2. The van der Waals surface area contributed by atoms with Gasteiger partial charge in [0, 0.05) is 6.42 Å². The number of hydrogen-bond donors (Lipinski definition) is 2. The average molecular weight is 769 g/mol. The largest absolute Gasteiger partial charge is 0.530 e. The molecule has 0 heterocycles. The van der Waals surface area contributed by atoms with Crippen molar-refractivity contribution in [2.75, 3.05) is 7.11 Å². The van der Waals surface area contributed by atoms with Crippen molar-refractivity contribution in [3.05, 3.63) is 167 Å². The molecule has 14 heteroatoms. The van der Waals surface area contributed by atoms with Crippen LogP contribution in [0.2, 0.25) is 0 Å². The minimum atomic E-state index is -4.35. The van der Waals surface area contributed by atoms with Gasteiger partial charge < -0.3 is 23.8 Å². The summed E-state index contributed by atoms with van der Waals surface area (Å²) in [5, 5.41) is 10.3. The van der Waals surface area contributed by atoms with E-state index in [9.17, 15) is 24.1 Å². The number of carboxylic acid groups (broad SMARTS) is 1. The topological polar surface area (TPSA) is 159 Å². The lowest BCUT2D eigenvalue weighted by atomic mass is 9.92. The fourth-order valence-electron chi connectivity index (χ4n) is 5.36. The van der Waals surface area contributed by atoms with Crippen LogP contribution in [0.3, 0.4) is 0 Å². The van der Waals surface area contributed by atoms with Crippen molar-refractivity contribution in [1.29, 1.82) is 0 Å². The fourth-order valence-corrected chi connectivity index (χ4v) is 6.55. The molecule has 1 atom stereocenters. The van der Waals surface area contributed by atoms with E-state index in [4.69, 9.17) is 27.8 Å². The van der Waals surface area contributed by atoms with E-state index in [1.165, 1.54) is 19.1 Å². The Morgan fingerprint density at radius 1 is 0.655 bits per heavy atom. The molecular formula is C41H41N2O11P. The zero-order valence-electron chi connectivity index (χ0n) is 30.2. The van der Waals surface area contributed by atoms with Crippen molar-refractivity contribution >= 4 is 26.0 Å². The number of phosphoric acid groups is 1. The van der Waals surface area contributed by atoms with Crippen LogP contribution in [0, 0.1) is 0 Å². The van der Waals surface area contributed by atoms with Crippen LogP contribution in [-0.2, 0) is 60.7 Å². The van der Waals surface area contributed by atoms with Crippen molar-refractivity contribution < 1.29 is 51.8 Å². The maximum absolute atomic E-state index is 14.3. The van der Waals surface area contributed by atoms with Crippen molar-refractivity contribution in [2.24, 2.45) is 0 Å². The lowest BCUT2D eigenvalue weighted by molar-refractivity contribution is -0.155. The molecule has 0 radical (unpaired) electrons. The molecule has 0 aromatic heterocycles. The second-order valence-corrected chi connectivity index (χ2v) is 13.9. The second-order valence-electron chi connectivity index (χ2n) is 12.3. The Morgan fingerprint density at radius 2 is 1.13 bits per heavy atom. The molecular weight excluding hydrogens is 727 g/mol. The van der Waals surface area contributed by atoms with Gasteiger partial charge in [0.1, 0.15) is 13.2 Å². The van der Waals surface area contributed by atoms with Crippen LogP contribution in [-0.4, -0.2) is 40.9 Å². The summed E-state index contributed by atoms with van der Waals surface area (Å²) in [6, 6.07) is 40.7. The Hall–Kier alpha value is -6.14. The highest BCUT2D eigenvalue weighted by Crippen LogP contribution is 2.53. The number of phosphoric ester groups is 1. The van der Waals surface area contributed by atoms with E-state index in [1.807, 2.05) is 96.4 Å². The monoisotopic (exact) mass is 768 g/mol. The number of amides is 2. The number of carbonyl (C=O) groups is 3. The van der Waals surface area contributed by atoms with Crippen LogP contribution >= 0.6 is 7.82 Å². The Balaban J connectivity index is 1.47. The van der Waals surface area contributed by atoms with Crippen LogP contribution in [0.15, 0.2) is 140 Å². The molecule has 0 aliphatic heterocycles. The first kappa shape index (κ1) is 40.1. The standard InChI is InChI=1S/C41H41N2O11P/c1-41(38(44)49-2,43(42-39(45)46)40(47)51-28-32-17-9-4-10-18-32)26-35-23-24-36(37(25-35)50-27-31-15-7-3-8-16-31)54-55(48,52-29-33-19-11-5-12-20-33)53-30-34-21-13-6-14-22-34/h3-25,42H,26-30H2,1-2H3,(H,45,46). The molecule has 2 N–H and O–H groups in total. The molecule has 5 aromatic rings. The van der Waals surface area contributed by atoms with Crippen LogP contribution in [0.5, 0.6) is 11.5 Å². The van der Waals surface area contributed by atoms with E-state index in [-0.39, 0.29) is 44.3 Å². The van der Waals surface area contributed by atoms with Gasteiger partial charge in [-0.1, -0.05) is 127 Å². The van der Waals surface area contributed by atoms with E-state index >= 15 is 0 Å². The summed E-state index contributed by atoms with van der Waals surface area (Å²) >= 11 is 0. The van der Waals surface area contributed by atoms with E-state index in [0.29, 0.717) is 16.1 Å². The number of hydrazine groups is 1. The predicted molar refractivity (Wildman–Crippen MR) is 202 cm³/mol. The molecule has 0 aliphatic rings. The Morgan fingerprint density at radius 3 is 1.60 bits per heavy atom. The first-order chi connectivity index (χ1) is 26.6. The van der Waals surface area contributed by atoms with Crippen LogP contribution in [0.1, 0.15) is 34.7 Å². The highest BCUT2D eigenvalue weighted by Gasteiger charge is 2.46. The number of esters is 1. The smallest absolute Gasteiger partial charge is 0.485 e. The Bertz CT molecular complexity index is 2010. The normalized spacial score (nSPS) is 12.1. The predicted octanol–water partition coefficient (Wildman–Crippen LogP) is 8.48. The molecule has 13 nitrogen and oxygen atoms in total. The molecule has 0 fully saturated rings. The van der Waals surface area contributed by atoms with E-state index in [1.54, 1.807) is 36.4 Å². The maximum Gasteiger partial charge on any atom is 0.530 e. The molecule has 0 aliphatic carbocycles. The number of benzene rings is 5. The van der Waals surface area contributed by atoms with E-state index in [2.05, 4.69) is 0 Å². The second kappa shape index (κ2) is 19.3. The van der Waals surface area contributed by atoms with Gasteiger partial charge in [-0.05, 0) is 46.9 Å². The van der Waals surface area contributed by atoms with E-state index < -0.39 is 31.5 Å². The molecule has 2 amide bonds. The van der Waals surface area contributed by atoms with Crippen molar-refractivity contribution in [3.63, 3.8) is 0 Å². The van der Waals surface area contributed by atoms with Gasteiger partial charge in [-0.25, -0.2) is 24.4 Å². The summed E-state index contributed by atoms with van der Waals surface area (Å²) in [7, 11) is -3.23. The molecule has 0 saturated heterocycles. The van der Waals surface area contributed by atoms with E-state index in [0.717, 1.165) is 23.8 Å². The summed E-state index contributed by atoms with van der Waals surface area (Å²) in [4.78, 5) is 38.8. The number of ether oxygens (including phenoxy) is 3. The third-order valence-electron chi connectivity index (χ3n) is 8.18. The minimum Gasteiger partial charge on any atom is -0.485 e. The quantitative estimate of drug-likeness (QED) is 0.0531. The molecule has 5 aromatic carbocycles. The minimum absolute atomic E-state index is 0.00769. The van der Waals surface area contributed by atoms with Gasteiger partial charge in [0.15, 0.2) is 17.0 Å². The molecule has 5 rings (SSSR count).